The third-order valence-electron chi connectivity index (χ3n) is 6.09. The van der Waals surface area contributed by atoms with E-state index in [-0.39, 0.29) is 23.8 Å². The van der Waals surface area contributed by atoms with Crippen LogP contribution >= 0.6 is 0 Å². The lowest BCUT2D eigenvalue weighted by atomic mass is 10.0. The van der Waals surface area contributed by atoms with Gasteiger partial charge in [0, 0.05) is 31.1 Å². The first kappa shape index (κ1) is 26.4. The summed E-state index contributed by atoms with van der Waals surface area (Å²) in [6, 6.07) is 9.98. The smallest absolute Gasteiger partial charge is 0.356 e. The third-order valence-corrected chi connectivity index (χ3v) is 6.09. The molecule has 11 heteroatoms. The van der Waals surface area contributed by atoms with Gasteiger partial charge >= 0.3 is 12.6 Å². The number of rotatable bonds is 6. The molecule has 35 heavy (non-hydrogen) atoms. The van der Waals surface area contributed by atoms with Crippen molar-refractivity contribution in [3.63, 3.8) is 0 Å². The summed E-state index contributed by atoms with van der Waals surface area (Å²) in [5.41, 5.74) is 0.253. The maximum Gasteiger partial charge on any atom is 0.491 e. The minimum atomic E-state index is -5.62. The highest BCUT2D eigenvalue weighted by Gasteiger charge is 2.53. The summed E-state index contributed by atoms with van der Waals surface area (Å²) in [6.45, 7) is 2.39. The lowest BCUT2D eigenvalue weighted by Gasteiger charge is -2.28. The minimum absolute atomic E-state index is 0.0141. The quantitative estimate of drug-likeness (QED) is 0.416. The Labute approximate surface area is 198 Å². The zero-order valence-electron chi connectivity index (χ0n) is 19.1. The van der Waals surface area contributed by atoms with E-state index in [0.29, 0.717) is 42.5 Å². The molecule has 190 valence electrons. The van der Waals surface area contributed by atoms with Crippen LogP contribution in [0.5, 0.6) is 0 Å². The van der Waals surface area contributed by atoms with Gasteiger partial charge in [0.15, 0.2) is 0 Å². The number of hydrogen-bond donors (Lipinski definition) is 1. The first-order valence-corrected chi connectivity index (χ1v) is 11.0. The van der Waals surface area contributed by atoms with Gasteiger partial charge in [-0.05, 0) is 61.6 Å². The second kappa shape index (κ2) is 10.2. The number of anilines is 1. The maximum absolute atomic E-state index is 12.9. The van der Waals surface area contributed by atoms with Gasteiger partial charge in [0.2, 0.25) is 5.91 Å². The number of benzene rings is 2. The second-order valence-corrected chi connectivity index (χ2v) is 8.37. The molecule has 2 aromatic carbocycles. The average molecular weight is 501 g/mol. The summed E-state index contributed by atoms with van der Waals surface area (Å²) in [5.74, 6) is -0.384. The fraction of sp³-hybridized carbons (Fsp3) is 0.417. The van der Waals surface area contributed by atoms with Gasteiger partial charge in [-0.1, -0.05) is 24.3 Å². The number of carbonyl (C=O) groups excluding carboxylic acids is 2. The second-order valence-electron chi connectivity index (χ2n) is 8.37. The van der Waals surface area contributed by atoms with E-state index in [1.54, 1.807) is 36.2 Å². The first-order chi connectivity index (χ1) is 16.3. The standard InChI is InChI=1S/C24H25F6N3O2/c1-3-31-21(34)18-10-13-20(14-18)32(2)22(35)17-6-4-15(5-7-17)16-8-11-19(12-9-16)33(23(25,26)27)24(28,29)30/h4-9,11-12,18,20H,3,10,13-14H2,1-2H3,(H,31,34). The van der Waals surface area contributed by atoms with E-state index in [2.05, 4.69) is 5.32 Å². The average Bonchev–Trinajstić information content (AvgIpc) is 3.27. The van der Waals surface area contributed by atoms with Crippen LogP contribution < -0.4 is 10.2 Å². The molecule has 2 atom stereocenters. The summed E-state index contributed by atoms with van der Waals surface area (Å²) in [4.78, 5) is 25.0. The molecule has 0 heterocycles. The van der Waals surface area contributed by atoms with Crippen molar-refractivity contribution in [3.05, 3.63) is 54.1 Å². The first-order valence-electron chi connectivity index (χ1n) is 11.0. The highest BCUT2D eigenvalue weighted by Crippen LogP contribution is 2.39. The van der Waals surface area contributed by atoms with Gasteiger partial charge in [0.25, 0.3) is 5.91 Å². The molecule has 0 spiro atoms. The largest absolute Gasteiger partial charge is 0.491 e. The normalized spacial score (nSPS) is 18.3. The van der Waals surface area contributed by atoms with Crippen LogP contribution in [0.1, 0.15) is 36.5 Å². The molecule has 2 unspecified atom stereocenters. The van der Waals surface area contributed by atoms with Crippen LogP contribution in [0.25, 0.3) is 11.1 Å². The zero-order chi connectivity index (χ0) is 26.0. The van der Waals surface area contributed by atoms with Crippen LogP contribution in [-0.2, 0) is 4.79 Å². The number of amides is 2. The molecule has 1 N–H and O–H groups in total. The molecule has 1 aliphatic carbocycles. The summed E-state index contributed by atoms with van der Waals surface area (Å²) in [6.07, 6.45) is -9.25. The summed E-state index contributed by atoms with van der Waals surface area (Å²) in [5, 5.41) is 2.80. The van der Waals surface area contributed by atoms with Gasteiger partial charge in [0.1, 0.15) is 0 Å². The van der Waals surface area contributed by atoms with Crippen molar-refractivity contribution >= 4 is 17.5 Å². The van der Waals surface area contributed by atoms with Gasteiger partial charge < -0.3 is 10.2 Å². The van der Waals surface area contributed by atoms with Gasteiger partial charge in [-0.2, -0.15) is 4.90 Å². The van der Waals surface area contributed by atoms with E-state index in [9.17, 15) is 35.9 Å². The Hall–Kier alpha value is -3.24. The molecular weight excluding hydrogens is 476 g/mol. The fourth-order valence-corrected chi connectivity index (χ4v) is 4.28. The Morgan fingerprint density at radius 1 is 0.886 bits per heavy atom. The van der Waals surface area contributed by atoms with E-state index in [1.807, 2.05) is 6.92 Å². The van der Waals surface area contributed by atoms with E-state index in [1.165, 1.54) is 0 Å². The van der Waals surface area contributed by atoms with Crippen LogP contribution in [0, 0.1) is 5.92 Å². The van der Waals surface area contributed by atoms with Crippen LogP contribution in [0.2, 0.25) is 0 Å². The monoisotopic (exact) mass is 501 g/mol. The molecule has 2 amide bonds. The molecule has 0 aliphatic heterocycles. The van der Waals surface area contributed by atoms with E-state index in [4.69, 9.17) is 0 Å². The molecule has 2 aromatic rings. The lowest BCUT2D eigenvalue weighted by molar-refractivity contribution is -0.226. The van der Waals surface area contributed by atoms with Crippen LogP contribution in [0.15, 0.2) is 48.5 Å². The molecule has 1 fully saturated rings. The van der Waals surface area contributed by atoms with Crippen molar-refractivity contribution in [1.82, 2.24) is 10.2 Å². The molecule has 3 rings (SSSR count). The SMILES string of the molecule is CCNC(=O)C1CCC(N(C)C(=O)c2ccc(-c3ccc(N(C(F)(F)F)C(F)(F)F)cc3)cc2)C1. The Balaban J connectivity index is 1.70. The van der Waals surface area contributed by atoms with E-state index < -0.39 is 23.2 Å². The van der Waals surface area contributed by atoms with Crippen molar-refractivity contribution in [2.45, 2.75) is 44.8 Å². The Kier molecular flexibility index (Phi) is 7.66. The van der Waals surface area contributed by atoms with Crippen molar-refractivity contribution in [3.8, 4) is 11.1 Å². The molecule has 0 saturated heterocycles. The predicted molar refractivity (Wildman–Crippen MR) is 118 cm³/mol. The molecule has 0 bridgehead atoms. The van der Waals surface area contributed by atoms with Gasteiger partial charge in [-0.3, -0.25) is 9.59 Å². The zero-order valence-corrected chi connectivity index (χ0v) is 19.1. The number of nitrogens with zero attached hydrogens (tertiary/aromatic N) is 2. The van der Waals surface area contributed by atoms with E-state index in [0.717, 1.165) is 24.3 Å². The highest BCUT2D eigenvalue weighted by atomic mass is 19.4. The Morgan fingerprint density at radius 3 is 1.89 bits per heavy atom. The topological polar surface area (TPSA) is 52.7 Å². The lowest BCUT2D eigenvalue weighted by Crippen LogP contribution is -2.48. The fourth-order valence-electron chi connectivity index (χ4n) is 4.28. The number of alkyl halides is 6. The van der Waals surface area contributed by atoms with Crippen molar-refractivity contribution in [2.24, 2.45) is 5.92 Å². The predicted octanol–water partition coefficient (Wildman–Crippen LogP) is 5.58. The summed E-state index contributed by atoms with van der Waals surface area (Å²) >= 11 is 0. The molecule has 1 saturated carbocycles. The molecule has 5 nitrogen and oxygen atoms in total. The van der Waals surface area contributed by atoms with Crippen molar-refractivity contribution in [1.29, 1.82) is 0 Å². The number of halogens is 6. The molecular formula is C24H25F6N3O2. The summed E-state index contributed by atoms with van der Waals surface area (Å²) < 4.78 is 77.2. The number of carbonyl (C=O) groups is 2. The summed E-state index contributed by atoms with van der Waals surface area (Å²) in [7, 11) is 1.67. The molecule has 0 radical (unpaired) electrons. The van der Waals surface area contributed by atoms with Gasteiger partial charge in [-0.25, -0.2) is 0 Å². The van der Waals surface area contributed by atoms with Crippen LogP contribution in [0.3, 0.4) is 0 Å². The number of hydrogen-bond acceptors (Lipinski definition) is 3. The molecule has 1 aliphatic rings. The maximum atomic E-state index is 12.9. The third kappa shape index (κ3) is 6.07. The Morgan fingerprint density at radius 2 is 1.40 bits per heavy atom. The van der Waals surface area contributed by atoms with Gasteiger partial charge in [-0.15, -0.1) is 26.3 Å². The minimum Gasteiger partial charge on any atom is -0.356 e. The van der Waals surface area contributed by atoms with Gasteiger partial charge in [0.05, 0.1) is 5.69 Å². The number of nitrogens with one attached hydrogen (secondary N) is 1. The van der Waals surface area contributed by atoms with E-state index >= 15 is 0 Å². The molecule has 0 aromatic heterocycles. The van der Waals surface area contributed by atoms with Crippen LogP contribution in [0.4, 0.5) is 32.0 Å². The Bertz CT molecular complexity index is 1020. The van der Waals surface area contributed by atoms with Crippen LogP contribution in [-0.4, -0.2) is 48.9 Å². The van der Waals surface area contributed by atoms with Crippen molar-refractivity contribution < 1.29 is 35.9 Å². The van der Waals surface area contributed by atoms with Crippen molar-refractivity contribution in [2.75, 3.05) is 18.5 Å². The highest BCUT2D eigenvalue weighted by molar-refractivity contribution is 5.95.